The Labute approximate surface area is 113 Å². The molecule has 11 heteroatoms. The maximum atomic E-state index is 12.7. The van der Waals surface area contributed by atoms with E-state index >= 15 is 0 Å². The standard InChI is InChI=1S/C9H14F4N4O2S/c10-8(11)9(12,13)6-16-20(18,19)7-4-15-17(5-7)3-1-2-14/h4-5,8,16H,1-3,6,14H2. The van der Waals surface area contributed by atoms with Gasteiger partial charge in [0.15, 0.2) is 0 Å². The summed E-state index contributed by atoms with van der Waals surface area (Å²) in [7, 11) is -4.31. The molecule has 3 N–H and O–H groups in total. The van der Waals surface area contributed by atoms with Crippen LogP contribution in [0, 0.1) is 0 Å². The molecule has 0 radical (unpaired) electrons. The Kier molecular flexibility index (Phi) is 5.48. The van der Waals surface area contributed by atoms with Crippen molar-refractivity contribution in [3.05, 3.63) is 12.4 Å². The van der Waals surface area contributed by atoms with Gasteiger partial charge in [-0.25, -0.2) is 21.9 Å². The Morgan fingerprint density at radius 3 is 2.65 bits per heavy atom. The van der Waals surface area contributed by atoms with Crippen molar-refractivity contribution in [1.29, 1.82) is 0 Å². The fourth-order valence-corrected chi connectivity index (χ4v) is 2.21. The summed E-state index contributed by atoms with van der Waals surface area (Å²) in [6, 6.07) is 0. The molecule has 20 heavy (non-hydrogen) atoms. The van der Waals surface area contributed by atoms with E-state index in [2.05, 4.69) is 5.10 Å². The molecule has 0 aliphatic heterocycles. The molecule has 0 amide bonds. The van der Waals surface area contributed by atoms with Crippen molar-refractivity contribution in [1.82, 2.24) is 14.5 Å². The molecular formula is C9H14F4N4O2S. The van der Waals surface area contributed by atoms with E-state index in [9.17, 15) is 26.0 Å². The zero-order chi connectivity index (χ0) is 15.4. The zero-order valence-corrected chi connectivity index (χ0v) is 11.1. The largest absolute Gasteiger partial charge is 0.330 e. The second-order valence-corrected chi connectivity index (χ2v) is 5.73. The molecule has 1 aromatic heterocycles. The molecule has 0 unspecified atom stereocenters. The van der Waals surface area contributed by atoms with Crippen LogP contribution >= 0.6 is 0 Å². The molecule has 0 bridgehead atoms. The summed E-state index contributed by atoms with van der Waals surface area (Å²) in [6.45, 7) is -0.943. The van der Waals surface area contributed by atoms with Crippen LogP contribution in [0.4, 0.5) is 17.6 Å². The average Bonchev–Trinajstić information content (AvgIpc) is 2.83. The number of nitrogens with two attached hydrogens (primary N) is 1. The summed E-state index contributed by atoms with van der Waals surface area (Å²) in [4.78, 5) is -0.375. The van der Waals surface area contributed by atoms with E-state index < -0.39 is 28.9 Å². The number of aromatic nitrogens is 2. The smallest absolute Gasteiger partial charge is 0.320 e. The van der Waals surface area contributed by atoms with Gasteiger partial charge in [-0.1, -0.05) is 0 Å². The Bertz CT molecular complexity index is 532. The molecule has 0 aliphatic rings. The van der Waals surface area contributed by atoms with Crippen LogP contribution in [-0.2, 0) is 16.6 Å². The summed E-state index contributed by atoms with van der Waals surface area (Å²) in [6.07, 6.45) is -1.34. The van der Waals surface area contributed by atoms with E-state index in [-0.39, 0.29) is 4.90 Å². The number of halogens is 4. The second-order valence-electron chi connectivity index (χ2n) is 3.97. The van der Waals surface area contributed by atoms with Crippen molar-refractivity contribution in [3.63, 3.8) is 0 Å². The molecule has 116 valence electrons. The first kappa shape index (κ1) is 16.9. The van der Waals surface area contributed by atoms with Gasteiger partial charge in [0, 0.05) is 12.7 Å². The maximum Gasteiger partial charge on any atom is 0.320 e. The predicted octanol–water partition coefficient (Wildman–Crippen LogP) is 0.411. The summed E-state index contributed by atoms with van der Waals surface area (Å²) >= 11 is 0. The molecule has 0 spiro atoms. The van der Waals surface area contributed by atoms with Gasteiger partial charge in [-0.2, -0.15) is 13.9 Å². The molecule has 0 aromatic carbocycles. The van der Waals surface area contributed by atoms with Crippen molar-refractivity contribution in [2.45, 2.75) is 30.2 Å². The molecule has 0 aliphatic carbocycles. The van der Waals surface area contributed by atoms with E-state index in [1.807, 2.05) is 0 Å². The highest BCUT2D eigenvalue weighted by atomic mass is 32.2. The number of hydrogen-bond donors (Lipinski definition) is 2. The lowest BCUT2D eigenvalue weighted by molar-refractivity contribution is -0.122. The minimum absolute atomic E-state index is 0.360. The number of aryl methyl sites for hydroxylation is 1. The van der Waals surface area contributed by atoms with Crippen LogP contribution in [-0.4, -0.2) is 43.6 Å². The number of nitrogens with one attached hydrogen (secondary N) is 1. The van der Waals surface area contributed by atoms with Crippen LogP contribution in [0.25, 0.3) is 0 Å². The Hall–Kier alpha value is -1.20. The fourth-order valence-electron chi connectivity index (χ4n) is 1.21. The average molecular weight is 318 g/mol. The highest BCUT2D eigenvalue weighted by Gasteiger charge is 2.41. The SMILES string of the molecule is NCCCn1cc(S(=O)(=O)NCC(F)(F)C(F)F)cn1. The van der Waals surface area contributed by atoms with Gasteiger partial charge in [0.1, 0.15) is 4.90 Å². The zero-order valence-electron chi connectivity index (χ0n) is 10.3. The Morgan fingerprint density at radius 2 is 2.10 bits per heavy atom. The van der Waals surface area contributed by atoms with Crippen molar-refractivity contribution in [2.75, 3.05) is 13.1 Å². The van der Waals surface area contributed by atoms with Crippen LogP contribution in [0.15, 0.2) is 17.3 Å². The van der Waals surface area contributed by atoms with Gasteiger partial charge >= 0.3 is 12.3 Å². The van der Waals surface area contributed by atoms with Crippen molar-refractivity contribution in [2.24, 2.45) is 5.73 Å². The highest BCUT2D eigenvalue weighted by Crippen LogP contribution is 2.22. The lowest BCUT2D eigenvalue weighted by Crippen LogP contribution is -2.41. The lowest BCUT2D eigenvalue weighted by atomic mass is 10.4. The van der Waals surface area contributed by atoms with Gasteiger partial charge < -0.3 is 5.73 Å². The Balaban J connectivity index is 2.72. The van der Waals surface area contributed by atoms with E-state index in [0.717, 1.165) is 12.4 Å². The van der Waals surface area contributed by atoms with E-state index in [4.69, 9.17) is 5.73 Å². The van der Waals surface area contributed by atoms with E-state index in [1.165, 1.54) is 9.40 Å². The highest BCUT2D eigenvalue weighted by molar-refractivity contribution is 7.89. The topological polar surface area (TPSA) is 90.0 Å². The molecule has 0 fully saturated rings. The number of rotatable bonds is 8. The second kappa shape index (κ2) is 6.50. The summed E-state index contributed by atoms with van der Waals surface area (Å²) in [5.74, 6) is -4.43. The minimum Gasteiger partial charge on any atom is -0.330 e. The van der Waals surface area contributed by atoms with Gasteiger partial charge in [0.25, 0.3) is 0 Å². The fraction of sp³-hybridized carbons (Fsp3) is 0.667. The normalized spacial score (nSPS) is 13.1. The number of hydrogen-bond acceptors (Lipinski definition) is 4. The van der Waals surface area contributed by atoms with E-state index in [0.29, 0.717) is 19.5 Å². The van der Waals surface area contributed by atoms with Gasteiger partial charge in [-0.05, 0) is 13.0 Å². The minimum atomic E-state index is -4.43. The number of nitrogens with zero attached hydrogens (tertiary/aromatic N) is 2. The van der Waals surface area contributed by atoms with Crippen molar-refractivity contribution < 1.29 is 26.0 Å². The molecule has 0 atom stereocenters. The summed E-state index contributed by atoms with van der Waals surface area (Å²) < 4.78 is 75.1. The first-order valence-corrected chi connectivity index (χ1v) is 7.05. The molecule has 1 heterocycles. The van der Waals surface area contributed by atoms with Gasteiger partial charge in [0.2, 0.25) is 10.0 Å². The molecule has 0 saturated heterocycles. The number of sulfonamides is 1. The third-order valence-corrected chi connectivity index (χ3v) is 3.68. The third kappa shape index (κ3) is 4.42. The third-order valence-electron chi connectivity index (χ3n) is 2.33. The first-order valence-electron chi connectivity index (χ1n) is 5.57. The Morgan fingerprint density at radius 1 is 1.45 bits per heavy atom. The van der Waals surface area contributed by atoms with Crippen LogP contribution in [0.5, 0.6) is 0 Å². The predicted molar refractivity (Wildman–Crippen MR) is 62.0 cm³/mol. The quantitative estimate of drug-likeness (QED) is 0.679. The summed E-state index contributed by atoms with van der Waals surface area (Å²) in [5, 5.41) is 3.71. The monoisotopic (exact) mass is 318 g/mol. The molecule has 0 saturated carbocycles. The molecule has 6 nitrogen and oxygen atoms in total. The van der Waals surface area contributed by atoms with Crippen LogP contribution in [0.3, 0.4) is 0 Å². The van der Waals surface area contributed by atoms with Crippen LogP contribution in [0.2, 0.25) is 0 Å². The molecular weight excluding hydrogens is 304 g/mol. The van der Waals surface area contributed by atoms with Gasteiger partial charge in [-0.3, -0.25) is 4.68 Å². The molecule has 1 aromatic rings. The number of alkyl halides is 4. The van der Waals surface area contributed by atoms with Crippen LogP contribution in [0.1, 0.15) is 6.42 Å². The molecule has 1 rings (SSSR count). The lowest BCUT2D eigenvalue weighted by Gasteiger charge is -2.15. The first-order chi connectivity index (χ1) is 9.19. The van der Waals surface area contributed by atoms with Crippen molar-refractivity contribution in [3.8, 4) is 0 Å². The van der Waals surface area contributed by atoms with E-state index in [1.54, 1.807) is 0 Å². The van der Waals surface area contributed by atoms with Gasteiger partial charge in [-0.15, -0.1) is 0 Å². The maximum absolute atomic E-state index is 12.7. The van der Waals surface area contributed by atoms with Crippen LogP contribution < -0.4 is 10.5 Å². The summed E-state index contributed by atoms with van der Waals surface area (Å²) in [5.41, 5.74) is 5.27. The van der Waals surface area contributed by atoms with Crippen molar-refractivity contribution >= 4 is 10.0 Å². The van der Waals surface area contributed by atoms with Gasteiger partial charge in [0.05, 0.1) is 12.7 Å².